The molecule has 2 aromatic carbocycles. The fraction of sp³-hybridized carbons (Fsp3) is 0.533. The lowest BCUT2D eigenvalue weighted by atomic mass is 9.75. The maximum Gasteiger partial charge on any atom is 0.346 e. The van der Waals surface area contributed by atoms with Gasteiger partial charge in [-0.3, -0.25) is 4.79 Å². The highest BCUT2D eigenvalue weighted by Gasteiger charge is 2.53. The van der Waals surface area contributed by atoms with Crippen molar-refractivity contribution < 1.29 is 33.6 Å². The number of halogens is 2. The molecule has 5 rings (SSSR count). The minimum atomic E-state index is -0.846. The van der Waals surface area contributed by atoms with Crippen molar-refractivity contribution in [1.29, 1.82) is 0 Å². The van der Waals surface area contributed by atoms with Crippen LogP contribution in [0.5, 0.6) is 23.0 Å². The van der Waals surface area contributed by atoms with Gasteiger partial charge in [-0.25, -0.2) is 4.79 Å². The lowest BCUT2D eigenvalue weighted by molar-refractivity contribution is -0.148. The summed E-state index contributed by atoms with van der Waals surface area (Å²) in [6, 6.07) is 3.27. The van der Waals surface area contributed by atoms with E-state index in [1.165, 1.54) is 7.11 Å². The van der Waals surface area contributed by atoms with Crippen molar-refractivity contribution in [2.24, 2.45) is 23.2 Å². The summed E-state index contributed by atoms with van der Waals surface area (Å²) in [6.45, 7) is 7.63. The van der Waals surface area contributed by atoms with E-state index in [4.69, 9.17) is 30.5 Å². The van der Waals surface area contributed by atoms with Gasteiger partial charge >= 0.3 is 11.9 Å². The Kier molecular flexibility index (Phi) is 7.68. The van der Waals surface area contributed by atoms with E-state index in [1.807, 2.05) is 20.8 Å². The first kappa shape index (κ1) is 28.2. The molecule has 3 aliphatic rings. The summed E-state index contributed by atoms with van der Waals surface area (Å²) in [7, 11) is 1.43. The van der Waals surface area contributed by atoms with E-state index in [1.54, 1.807) is 19.1 Å². The van der Waals surface area contributed by atoms with Crippen LogP contribution in [0, 0.1) is 30.1 Å². The lowest BCUT2D eigenvalue weighted by Crippen LogP contribution is -2.37. The largest absolute Gasteiger partial charge is 0.495 e. The first-order valence-corrected chi connectivity index (χ1v) is 14.6. The zero-order valence-electron chi connectivity index (χ0n) is 22.9. The Morgan fingerprint density at radius 3 is 2.64 bits per heavy atom. The Balaban J connectivity index is 1.60. The summed E-state index contributed by atoms with van der Waals surface area (Å²) in [6.07, 6.45) is 3.65. The van der Waals surface area contributed by atoms with E-state index in [-0.39, 0.29) is 58.0 Å². The monoisotopic (exact) mass is 620 g/mol. The van der Waals surface area contributed by atoms with Crippen molar-refractivity contribution in [1.82, 2.24) is 0 Å². The molecule has 1 aliphatic heterocycles. The molecule has 2 fully saturated rings. The van der Waals surface area contributed by atoms with Crippen LogP contribution in [0.4, 0.5) is 0 Å². The second kappa shape index (κ2) is 10.6. The molecule has 2 saturated carbocycles. The molecular formula is C30H34BrClO7. The molecule has 4 atom stereocenters. The number of methoxy groups -OCH3 is 1. The van der Waals surface area contributed by atoms with Crippen LogP contribution in [0.3, 0.4) is 0 Å². The summed E-state index contributed by atoms with van der Waals surface area (Å²) in [4.78, 5) is 26.9. The van der Waals surface area contributed by atoms with E-state index >= 15 is 0 Å². The molecule has 2 aromatic rings. The number of aliphatic hydroxyl groups is 1. The average molecular weight is 622 g/mol. The van der Waals surface area contributed by atoms with Gasteiger partial charge in [-0.15, -0.1) is 0 Å². The lowest BCUT2D eigenvalue weighted by Gasteiger charge is -2.32. The Morgan fingerprint density at radius 1 is 1.28 bits per heavy atom. The Labute approximate surface area is 242 Å². The number of cyclic esters (lactones) is 1. The van der Waals surface area contributed by atoms with Crippen LogP contribution in [-0.2, 0) is 16.1 Å². The van der Waals surface area contributed by atoms with Gasteiger partial charge in [0, 0.05) is 10.0 Å². The summed E-state index contributed by atoms with van der Waals surface area (Å²) in [5, 5.41) is 11.1. The van der Waals surface area contributed by atoms with Crippen molar-refractivity contribution in [3.63, 3.8) is 0 Å². The fourth-order valence-corrected chi connectivity index (χ4v) is 7.28. The van der Waals surface area contributed by atoms with Gasteiger partial charge in [0.1, 0.15) is 23.7 Å². The topological polar surface area (TPSA) is 91.3 Å². The number of hydrogen-bond acceptors (Lipinski definition) is 7. The molecule has 0 spiro atoms. The number of ether oxygens (including phenoxy) is 4. The average Bonchev–Trinajstić information content (AvgIpc) is 3.48. The number of rotatable bonds is 6. The SMILES string of the molecule is COc1c([C@@H](O)CC(C)C)ccc2c1C(=O)OCc1c(Br)c(C)c(Cl)c(OC(=O)[C@@]3(C)C[C@@H]4CC[C@H]3C4)c1O2. The minimum Gasteiger partial charge on any atom is -0.495 e. The third-order valence-corrected chi connectivity index (χ3v) is 10.1. The van der Waals surface area contributed by atoms with E-state index in [0.717, 1.165) is 25.7 Å². The Morgan fingerprint density at radius 2 is 2.03 bits per heavy atom. The second-order valence-electron chi connectivity index (χ2n) is 11.7. The zero-order chi connectivity index (χ0) is 28.2. The molecule has 0 radical (unpaired) electrons. The minimum absolute atomic E-state index is 0.0496. The number of fused-ring (bicyclic) bond motifs is 4. The number of aliphatic hydroxyl groups excluding tert-OH is 1. The smallest absolute Gasteiger partial charge is 0.346 e. The van der Waals surface area contributed by atoms with Crippen LogP contribution in [0.2, 0.25) is 5.02 Å². The van der Waals surface area contributed by atoms with Crippen LogP contribution < -0.4 is 14.2 Å². The standard InChI is InChI=1S/C30H34BrClO7/c1-14(2)10-20(33)18-8-9-21-22(25(18)36-5)28(34)37-13-19-23(31)15(3)24(32)27(26(19)38-21)39-29(35)30(4)12-16-6-7-17(30)11-16/h8-9,14,16-17,20,33H,6-7,10-13H2,1-5H3/t16-,17+,20+,30+/m1/s1. The molecule has 0 amide bonds. The molecule has 0 aromatic heterocycles. The van der Waals surface area contributed by atoms with Crippen molar-refractivity contribution in [3.05, 3.63) is 43.9 Å². The van der Waals surface area contributed by atoms with Gasteiger partial charge < -0.3 is 24.1 Å². The molecular weight excluding hydrogens is 588 g/mol. The van der Waals surface area contributed by atoms with Crippen LogP contribution in [0.1, 0.15) is 86.0 Å². The molecule has 2 bridgehead atoms. The molecule has 210 valence electrons. The molecule has 9 heteroatoms. The van der Waals surface area contributed by atoms with Gasteiger partial charge in [-0.2, -0.15) is 0 Å². The molecule has 1 heterocycles. The number of hydrogen-bond donors (Lipinski definition) is 1. The van der Waals surface area contributed by atoms with Crippen LogP contribution in [0.25, 0.3) is 0 Å². The summed E-state index contributed by atoms with van der Waals surface area (Å²) in [5.74, 6) is 0.704. The summed E-state index contributed by atoms with van der Waals surface area (Å²) in [5.41, 5.74) is 1.07. The third kappa shape index (κ3) is 4.82. The molecule has 39 heavy (non-hydrogen) atoms. The van der Waals surface area contributed by atoms with Crippen molar-refractivity contribution >= 4 is 39.5 Å². The molecule has 1 N–H and O–H groups in total. The van der Waals surface area contributed by atoms with Crippen LogP contribution in [-0.4, -0.2) is 24.2 Å². The van der Waals surface area contributed by atoms with Crippen LogP contribution in [0.15, 0.2) is 16.6 Å². The van der Waals surface area contributed by atoms with Gasteiger partial charge in [0.05, 0.1) is 29.2 Å². The van der Waals surface area contributed by atoms with Gasteiger partial charge in [-0.1, -0.05) is 31.9 Å². The fourth-order valence-electron chi connectivity index (χ4n) is 6.46. The quantitative estimate of drug-likeness (QED) is 0.261. The molecule has 2 aliphatic carbocycles. The van der Waals surface area contributed by atoms with Gasteiger partial charge in [0.15, 0.2) is 11.5 Å². The van der Waals surface area contributed by atoms with Gasteiger partial charge in [0.25, 0.3) is 0 Å². The third-order valence-electron chi connectivity index (χ3n) is 8.59. The number of benzene rings is 2. The Hall–Kier alpha value is -2.29. The second-order valence-corrected chi connectivity index (χ2v) is 12.8. The highest BCUT2D eigenvalue weighted by molar-refractivity contribution is 9.10. The number of carbonyl (C=O) groups is 2. The van der Waals surface area contributed by atoms with Crippen LogP contribution >= 0.6 is 27.5 Å². The highest BCUT2D eigenvalue weighted by Crippen LogP contribution is 2.57. The predicted molar refractivity (Wildman–Crippen MR) is 150 cm³/mol. The van der Waals surface area contributed by atoms with Gasteiger partial charge in [0.2, 0.25) is 0 Å². The number of carbonyl (C=O) groups excluding carboxylic acids is 2. The van der Waals surface area contributed by atoms with Crippen molar-refractivity contribution in [2.45, 2.75) is 72.5 Å². The summed E-state index contributed by atoms with van der Waals surface area (Å²) < 4.78 is 24.4. The van der Waals surface area contributed by atoms with Crippen molar-refractivity contribution in [3.8, 4) is 23.0 Å². The summed E-state index contributed by atoms with van der Waals surface area (Å²) >= 11 is 10.3. The number of esters is 2. The Bertz CT molecular complexity index is 1340. The first-order chi connectivity index (χ1) is 18.5. The molecule has 7 nitrogen and oxygen atoms in total. The maximum absolute atomic E-state index is 13.6. The normalized spacial score (nSPS) is 24.3. The van der Waals surface area contributed by atoms with E-state index in [0.29, 0.717) is 33.5 Å². The van der Waals surface area contributed by atoms with E-state index in [2.05, 4.69) is 15.9 Å². The van der Waals surface area contributed by atoms with Gasteiger partial charge in [-0.05, 0) is 90.9 Å². The zero-order valence-corrected chi connectivity index (χ0v) is 25.2. The highest BCUT2D eigenvalue weighted by atomic mass is 79.9. The molecule has 0 unspecified atom stereocenters. The molecule has 0 saturated heterocycles. The first-order valence-electron chi connectivity index (χ1n) is 13.4. The van der Waals surface area contributed by atoms with Crippen molar-refractivity contribution in [2.75, 3.05) is 7.11 Å². The van der Waals surface area contributed by atoms with E-state index in [9.17, 15) is 14.7 Å². The predicted octanol–water partition coefficient (Wildman–Crippen LogP) is 7.69. The van der Waals surface area contributed by atoms with E-state index < -0.39 is 17.5 Å². The maximum atomic E-state index is 13.6.